The summed E-state index contributed by atoms with van der Waals surface area (Å²) in [6.45, 7) is 3.63. The van der Waals surface area contributed by atoms with Crippen LogP contribution in [0.1, 0.15) is 29.8 Å². The molecule has 2 aromatic heterocycles. The van der Waals surface area contributed by atoms with Crippen LogP contribution in [0.3, 0.4) is 0 Å². The fourth-order valence-corrected chi connectivity index (χ4v) is 4.82. The minimum atomic E-state index is -0.502. The van der Waals surface area contributed by atoms with E-state index in [1.54, 1.807) is 41.8 Å². The number of hydrogen-bond acceptors (Lipinski definition) is 6. The molecule has 9 heteroatoms. The highest BCUT2D eigenvalue weighted by Crippen LogP contribution is 2.26. The lowest BCUT2D eigenvalue weighted by molar-refractivity contribution is -0.115. The lowest BCUT2D eigenvalue weighted by atomic mass is 10.1. The summed E-state index contributed by atoms with van der Waals surface area (Å²) >= 11 is 1.26. The van der Waals surface area contributed by atoms with Gasteiger partial charge in [-0.05, 0) is 55.8 Å². The number of ketones is 1. The molecule has 2 heterocycles. The summed E-state index contributed by atoms with van der Waals surface area (Å²) in [6.07, 6.45) is 0. The molecule has 0 radical (unpaired) electrons. The van der Waals surface area contributed by atoms with E-state index >= 15 is 0 Å². The molecule has 1 unspecified atom stereocenters. The average molecular weight is 498 g/mol. The number of nitrogens with zero attached hydrogens (tertiary/aromatic N) is 4. The van der Waals surface area contributed by atoms with E-state index in [4.69, 9.17) is 0 Å². The van der Waals surface area contributed by atoms with Crippen molar-refractivity contribution in [1.82, 2.24) is 19.2 Å². The summed E-state index contributed by atoms with van der Waals surface area (Å²) in [6, 6.07) is 23.8. The fraction of sp³-hybridized carbons (Fsp3) is 0.148. The van der Waals surface area contributed by atoms with Gasteiger partial charge in [-0.1, -0.05) is 54.2 Å². The minimum Gasteiger partial charge on any atom is -0.325 e. The van der Waals surface area contributed by atoms with Crippen LogP contribution in [0.2, 0.25) is 0 Å². The smallest absolute Gasteiger partial charge is 0.263 e. The standard InChI is InChI=1S/C27H23N5O3S/c1-17(33)20-12-14-21(15-13-20)28-24(34)18(2)36-27-30-29-26-31(16-19-8-4-3-5-9-19)25(35)22-10-6-7-11-23(22)32(26)27/h3-15,18H,16H2,1-2H3,(H,28,34). The van der Waals surface area contributed by atoms with Crippen molar-refractivity contribution in [2.24, 2.45) is 0 Å². The van der Waals surface area contributed by atoms with Crippen LogP contribution in [0.15, 0.2) is 88.8 Å². The molecule has 0 aliphatic heterocycles. The van der Waals surface area contributed by atoms with Crippen molar-refractivity contribution >= 4 is 45.8 Å². The molecule has 36 heavy (non-hydrogen) atoms. The molecular weight excluding hydrogens is 474 g/mol. The summed E-state index contributed by atoms with van der Waals surface area (Å²) in [5, 5.41) is 12.1. The van der Waals surface area contributed by atoms with E-state index in [2.05, 4.69) is 15.5 Å². The van der Waals surface area contributed by atoms with Crippen LogP contribution in [0.25, 0.3) is 16.7 Å². The Balaban J connectivity index is 1.48. The van der Waals surface area contributed by atoms with E-state index < -0.39 is 5.25 Å². The zero-order valence-corrected chi connectivity index (χ0v) is 20.5. The molecule has 0 fully saturated rings. The van der Waals surface area contributed by atoms with Crippen LogP contribution >= 0.6 is 11.8 Å². The van der Waals surface area contributed by atoms with Gasteiger partial charge in [0.15, 0.2) is 10.9 Å². The van der Waals surface area contributed by atoms with Gasteiger partial charge in [0.2, 0.25) is 11.7 Å². The van der Waals surface area contributed by atoms with E-state index in [-0.39, 0.29) is 17.2 Å². The van der Waals surface area contributed by atoms with Crippen LogP contribution in [0.5, 0.6) is 0 Å². The number of fused-ring (bicyclic) bond motifs is 3. The number of amides is 1. The van der Waals surface area contributed by atoms with Crippen molar-refractivity contribution in [3.63, 3.8) is 0 Å². The highest BCUT2D eigenvalue weighted by Gasteiger charge is 2.22. The van der Waals surface area contributed by atoms with Crippen molar-refractivity contribution in [3.8, 4) is 0 Å². The largest absolute Gasteiger partial charge is 0.325 e. The predicted molar refractivity (Wildman–Crippen MR) is 141 cm³/mol. The van der Waals surface area contributed by atoms with Gasteiger partial charge in [-0.2, -0.15) is 0 Å². The van der Waals surface area contributed by atoms with Crippen LogP contribution in [-0.4, -0.2) is 36.1 Å². The first-order valence-corrected chi connectivity index (χ1v) is 12.3. The molecule has 0 bridgehead atoms. The van der Waals surface area contributed by atoms with Gasteiger partial charge in [-0.25, -0.2) is 0 Å². The Bertz CT molecular complexity index is 1640. The van der Waals surface area contributed by atoms with Gasteiger partial charge in [0.25, 0.3) is 5.56 Å². The number of carbonyl (C=O) groups is 2. The Hall–Kier alpha value is -4.24. The molecular formula is C27H23N5O3S. The van der Waals surface area contributed by atoms with Crippen molar-refractivity contribution in [3.05, 3.63) is 100 Å². The number of hydrogen-bond donors (Lipinski definition) is 1. The Kier molecular flexibility index (Phi) is 6.39. The number of rotatable bonds is 7. The van der Waals surface area contributed by atoms with E-state index in [1.165, 1.54) is 18.7 Å². The SMILES string of the molecule is CC(=O)c1ccc(NC(=O)C(C)Sc2nnc3n(Cc4ccccc4)c(=O)c4ccccc4n23)cc1. The summed E-state index contributed by atoms with van der Waals surface area (Å²) in [4.78, 5) is 37.7. The Labute approximate surface area is 211 Å². The molecule has 5 aromatic rings. The Morgan fingerprint density at radius 3 is 2.36 bits per heavy atom. The predicted octanol–water partition coefficient (Wildman–Crippen LogP) is 4.41. The lowest BCUT2D eigenvalue weighted by Crippen LogP contribution is -2.24. The molecule has 0 aliphatic carbocycles. The molecule has 8 nitrogen and oxygen atoms in total. The minimum absolute atomic E-state index is 0.0338. The first-order chi connectivity index (χ1) is 17.4. The maximum atomic E-state index is 13.3. The van der Waals surface area contributed by atoms with E-state index in [0.717, 1.165) is 5.56 Å². The second kappa shape index (κ2) is 9.79. The number of nitrogens with one attached hydrogen (secondary N) is 1. The van der Waals surface area contributed by atoms with Crippen LogP contribution < -0.4 is 10.9 Å². The molecule has 180 valence electrons. The number of benzene rings is 3. The number of Topliss-reactive ketones (excluding diaryl/α,β-unsaturated/α-hetero) is 1. The van der Waals surface area contributed by atoms with Gasteiger partial charge >= 0.3 is 0 Å². The number of aromatic nitrogens is 4. The zero-order valence-electron chi connectivity index (χ0n) is 19.7. The second-order valence-electron chi connectivity index (χ2n) is 8.39. The molecule has 3 aromatic carbocycles. The molecule has 1 N–H and O–H groups in total. The van der Waals surface area contributed by atoms with Gasteiger partial charge in [0, 0.05) is 11.3 Å². The van der Waals surface area contributed by atoms with Crippen LogP contribution in [-0.2, 0) is 11.3 Å². The number of para-hydroxylation sites is 1. The first kappa shape index (κ1) is 23.5. The van der Waals surface area contributed by atoms with E-state index in [0.29, 0.717) is 39.6 Å². The van der Waals surface area contributed by atoms with Crippen molar-refractivity contribution in [2.45, 2.75) is 30.8 Å². The average Bonchev–Trinajstić information content (AvgIpc) is 3.31. The monoisotopic (exact) mass is 497 g/mol. The molecule has 0 saturated carbocycles. The number of anilines is 1. The molecule has 1 atom stereocenters. The molecule has 0 saturated heterocycles. The van der Waals surface area contributed by atoms with Crippen molar-refractivity contribution < 1.29 is 9.59 Å². The fourth-order valence-electron chi connectivity index (χ4n) is 3.96. The third-order valence-electron chi connectivity index (χ3n) is 5.87. The first-order valence-electron chi connectivity index (χ1n) is 11.4. The third-order valence-corrected chi connectivity index (χ3v) is 6.91. The van der Waals surface area contributed by atoms with Gasteiger partial charge < -0.3 is 5.32 Å². The summed E-state index contributed by atoms with van der Waals surface area (Å²) in [5.74, 6) is 0.167. The molecule has 0 aliphatic rings. The van der Waals surface area contributed by atoms with Gasteiger partial charge in [0.1, 0.15) is 0 Å². The summed E-state index contributed by atoms with van der Waals surface area (Å²) in [5.41, 5.74) is 2.69. The number of carbonyl (C=O) groups excluding carboxylic acids is 2. The van der Waals surface area contributed by atoms with Crippen LogP contribution in [0.4, 0.5) is 5.69 Å². The third kappa shape index (κ3) is 4.52. The maximum Gasteiger partial charge on any atom is 0.263 e. The zero-order chi connectivity index (χ0) is 25.2. The van der Waals surface area contributed by atoms with Gasteiger partial charge in [-0.15, -0.1) is 10.2 Å². The normalized spacial score (nSPS) is 12.1. The molecule has 1 amide bonds. The topological polar surface area (TPSA) is 98.4 Å². The quantitative estimate of drug-likeness (QED) is 0.264. The summed E-state index contributed by atoms with van der Waals surface area (Å²) < 4.78 is 3.44. The second-order valence-corrected chi connectivity index (χ2v) is 9.70. The van der Waals surface area contributed by atoms with E-state index in [9.17, 15) is 14.4 Å². The highest BCUT2D eigenvalue weighted by molar-refractivity contribution is 8.00. The molecule has 5 rings (SSSR count). The lowest BCUT2D eigenvalue weighted by Gasteiger charge is -2.13. The molecule has 0 spiro atoms. The van der Waals surface area contributed by atoms with E-state index in [1.807, 2.05) is 52.9 Å². The van der Waals surface area contributed by atoms with Crippen molar-refractivity contribution in [2.75, 3.05) is 5.32 Å². The number of thioether (sulfide) groups is 1. The Morgan fingerprint density at radius 1 is 0.944 bits per heavy atom. The Morgan fingerprint density at radius 2 is 1.64 bits per heavy atom. The highest BCUT2D eigenvalue weighted by atomic mass is 32.2. The van der Waals surface area contributed by atoms with Gasteiger partial charge in [0.05, 0.1) is 22.7 Å². The maximum absolute atomic E-state index is 13.3. The van der Waals surface area contributed by atoms with Crippen LogP contribution in [0, 0.1) is 0 Å². The van der Waals surface area contributed by atoms with Crippen molar-refractivity contribution in [1.29, 1.82) is 0 Å². The van der Waals surface area contributed by atoms with Gasteiger partial charge in [-0.3, -0.25) is 23.4 Å². The summed E-state index contributed by atoms with van der Waals surface area (Å²) in [7, 11) is 0.